The summed E-state index contributed by atoms with van der Waals surface area (Å²) in [5.74, 6) is -1.11. The van der Waals surface area contributed by atoms with Crippen molar-refractivity contribution in [3.63, 3.8) is 0 Å². The van der Waals surface area contributed by atoms with E-state index in [9.17, 15) is 14.7 Å². The van der Waals surface area contributed by atoms with Crippen molar-refractivity contribution in [2.24, 2.45) is 0 Å². The predicted molar refractivity (Wildman–Crippen MR) is 85.0 cm³/mol. The Morgan fingerprint density at radius 3 is 2.77 bits per heavy atom. The smallest absolute Gasteiger partial charge is 0.326 e. The van der Waals surface area contributed by atoms with E-state index in [0.29, 0.717) is 0 Å². The van der Waals surface area contributed by atoms with Gasteiger partial charge in [-0.3, -0.25) is 0 Å². The summed E-state index contributed by atoms with van der Waals surface area (Å²) in [7, 11) is 0. The van der Waals surface area contributed by atoms with Gasteiger partial charge in [0.2, 0.25) is 0 Å². The maximum absolute atomic E-state index is 11.7. The maximum Gasteiger partial charge on any atom is 0.326 e. The number of rotatable bonds is 6. The Hall–Kier alpha value is -2.47. The normalized spacial score (nSPS) is 11.9. The molecule has 1 aromatic carbocycles. The van der Waals surface area contributed by atoms with Gasteiger partial charge in [0.1, 0.15) is 6.04 Å². The number of para-hydroxylation sites is 1. The average Bonchev–Trinajstić information content (AvgIpc) is 2.87. The van der Waals surface area contributed by atoms with Crippen LogP contribution in [0.25, 0.3) is 10.9 Å². The number of hydrogen-bond donors (Lipinski definition) is 4. The fourth-order valence-electron chi connectivity index (χ4n) is 2.11. The number of hydrogen-bond acceptors (Lipinski definition) is 2. The number of carboxylic acid groups (broad SMARTS) is 1. The highest BCUT2D eigenvalue weighted by Crippen LogP contribution is 2.19. The van der Waals surface area contributed by atoms with E-state index < -0.39 is 18.0 Å². The molecule has 1 aromatic heterocycles. The van der Waals surface area contributed by atoms with Crippen LogP contribution in [0.15, 0.2) is 42.1 Å². The van der Waals surface area contributed by atoms with Gasteiger partial charge in [0.05, 0.1) is 6.54 Å². The van der Waals surface area contributed by atoms with E-state index in [2.05, 4.69) is 22.2 Å². The molecule has 2 aromatic rings. The molecule has 6 nitrogen and oxygen atoms in total. The molecule has 7 heteroatoms. The summed E-state index contributed by atoms with van der Waals surface area (Å²) in [6, 6.07) is 5.93. The summed E-state index contributed by atoms with van der Waals surface area (Å²) in [5.41, 5.74) is 1.74. The molecule has 0 radical (unpaired) electrons. The number of H-pyrrole nitrogens is 1. The molecule has 0 aliphatic carbocycles. The lowest BCUT2D eigenvalue weighted by molar-refractivity contribution is -0.139. The van der Waals surface area contributed by atoms with Crippen molar-refractivity contribution in [1.82, 2.24) is 15.6 Å². The molecule has 0 saturated carbocycles. The van der Waals surface area contributed by atoms with Crippen molar-refractivity contribution in [2.75, 3.05) is 6.54 Å². The van der Waals surface area contributed by atoms with Gasteiger partial charge in [-0.2, -0.15) is 0 Å². The monoisotopic (exact) mass is 321 g/mol. The third-order valence-electron chi connectivity index (χ3n) is 3.14. The lowest BCUT2D eigenvalue weighted by Crippen LogP contribution is -2.47. The number of halogens is 1. The molecule has 1 heterocycles. The predicted octanol–water partition coefficient (Wildman–Crippen LogP) is 2.22. The van der Waals surface area contributed by atoms with Gasteiger partial charge in [0, 0.05) is 28.6 Å². The van der Waals surface area contributed by atoms with Crippen LogP contribution in [0.3, 0.4) is 0 Å². The lowest BCUT2D eigenvalue weighted by atomic mass is 10.1. The Morgan fingerprint density at radius 2 is 2.09 bits per heavy atom. The number of amides is 2. The number of fused-ring (bicyclic) bond motifs is 1. The van der Waals surface area contributed by atoms with E-state index in [1.165, 1.54) is 0 Å². The van der Waals surface area contributed by atoms with Crippen LogP contribution < -0.4 is 10.6 Å². The van der Waals surface area contributed by atoms with Gasteiger partial charge >= 0.3 is 12.0 Å². The summed E-state index contributed by atoms with van der Waals surface area (Å²) < 4.78 is 0. The number of benzene rings is 1. The maximum atomic E-state index is 11.7. The number of nitrogens with one attached hydrogen (secondary N) is 3. The van der Waals surface area contributed by atoms with Crippen LogP contribution in [0.2, 0.25) is 0 Å². The third kappa shape index (κ3) is 4.02. The number of aliphatic carboxylic acids is 1. The molecule has 0 bridgehead atoms. The fraction of sp³-hybridized carbons (Fsp3) is 0.200. The molecule has 1 atom stereocenters. The SMILES string of the molecule is C=C(Cl)CNC(=O)N[C@@H](Cc1c[nH]c2ccccc12)C(=O)O. The fourth-order valence-corrected chi connectivity index (χ4v) is 2.17. The van der Waals surface area contributed by atoms with E-state index in [4.69, 9.17) is 11.6 Å². The highest BCUT2D eigenvalue weighted by Gasteiger charge is 2.21. The van der Waals surface area contributed by atoms with Crippen molar-refractivity contribution in [1.29, 1.82) is 0 Å². The van der Waals surface area contributed by atoms with Crippen LogP contribution in [0, 0.1) is 0 Å². The first-order chi connectivity index (χ1) is 10.5. The number of aromatic nitrogens is 1. The molecule has 0 aliphatic heterocycles. The van der Waals surface area contributed by atoms with Crippen molar-refractivity contribution < 1.29 is 14.7 Å². The Morgan fingerprint density at radius 1 is 1.36 bits per heavy atom. The van der Waals surface area contributed by atoms with Crippen molar-refractivity contribution >= 4 is 34.5 Å². The van der Waals surface area contributed by atoms with Crippen LogP contribution in [0.4, 0.5) is 4.79 Å². The zero-order chi connectivity index (χ0) is 16.1. The Kier molecular flexibility index (Phi) is 5.06. The van der Waals surface area contributed by atoms with E-state index in [1.807, 2.05) is 24.3 Å². The molecule has 116 valence electrons. The minimum Gasteiger partial charge on any atom is -0.480 e. The minimum absolute atomic E-state index is 0.0762. The van der Waals surface area contributed by atoms with E-state index in [0.717, 1.165) is 16.5 Å². The number of aromatic amines is 1. The molecule has 0 aliphatic rings. The van der Waals surface area contributed by atoms with Gasteiger partial charge in [0.15, 0.2) is 0 Å². The number of urea groups is 1. The molecule has 4 N–H and O–H groups in total. The quantitative estimate of drug-likeness (QED) is 0.657. The zero-order valence-corrected chi connectivity index (χ0v) is 12.5. The average molecular weight is 322 g/mol. The van der Waals surface area contributed by atoms with E-state index >= 15 is 0 Å². The van der Waals surface area contributed by atoms with Gasteiger partial charge in [-0.25, -0.2) is 9.59 Å². The number of carboxylic acids is 1. The summed E-state index contributed by atoms with van der Waals surface area (Å²) >= 11 is 5.54. The first kappa shape index (κ1) is 15.9. The van der Waals surface area contributed by atoms with Crippen molar-refractivity contribution in [3.05, 3.63) is 47.6 Å². The van der Waals surface area contributed by atoms with Gasteiger partial charge in [0.25, 0.3) is 0 Å². The number of carbonyl (C=O) groups excluding carboxylic acids is 1. The van der Waals surface area contributed by atoms with Crippen LogP contribution in [0.1, 0.15) is 5.56 Å². The largest absolute Gasteiger partial charge is 0.480 e. The summed E-state index contributed by atoms with van der Waals surface area (Å²) in [6.07, 6.45) is 1.93. The highest BCUT2D eigenvalue weighted by molar-refractivity contribution is 6.29. The molecule has 0 saturated heterocycles. The molecule has 0 spiro atoms. The molecule has 2 amide bonds. The van der Waals surface area contributed by atoms with Gasteiger partial charge < -0.3 is 20.7 Å². The van der Waals surface area contributed by atoms with Crippen LogP contribution in [-0.4, -0.2) is 34.7 Å². The first-order valence-electron chi connectivity index (χ1n) is 6.63. The van der Waals surface area contributed by atoms with Crippen molar-refractivity contribution in [3.8, 4) is 0 Å². The Balaban J connectivity index is 2.07. The third-order valence-corrected chi connectivity index (χ3v) is 3.28. The summed E-state index contributed by atoms with van der Waals surface area (Å²) in [6.45, 7) is 3.51. The molecular weight excluding hydrogens is 306 g/mol. The second-order valence-corrected chi connectivity index (χ2v) is 5.33. The Labute approximate surface area is 132 Å². The standard InChI is InChI=1S/C15H16ClN3O3/c1-9(16)7-18-15(22)19-13(14(20)21)6-10-8-17-12-5-3-2-4-11(10)12/h2-5,8,13,17H,1,6-7H2,(H,20,21)(H2,18,19,22)/t13-/m0/s1. The van der Waals surface area contributed by atoms with Crippen LogP contribution in [-0.2, 0) is 11.2 Å². The summed E-state index contributed by atoms with van der Waals surface area (Å²) in [4.78, 5) is 26.1. The van der Waals surface area contributed by atoms with Gasteiger partial charge in [-0.15, -0.1) is 0 Å². The molecule has 0 unspecified atom stereocenters. The zero-order valence-electron chi connectivity index (χ0n) is 11.7. The highest BCUT2D eigenvalue weighted by atomic mass is 35.5. The second kappa shape index (κ2) is 7.00. The minimum atomic E-state index is -1.11. The molecule has 0 fully saturated rings. The summed E-state index contributed by atoms with van der Waals surface area (Å²) in [5, 5.41) is 15.3. The van der Waals surface area contributed by atoms with E-state index in [1.54, 1.807) is 6.20 Å². The second-order valence-electron chi connectivity index (χ2n) is 4.80. The number of carbonyl (C=O) groups is 2. The van der Waals surface area contributed by atoms with Crippen LogP contribution >= 0.6 is 11.6 Å². The molecular formula is C15H16ClN3O3. The Bertz CT molecular complexity index is 711. The first-order valence-corrected chi connectivity index (χ1v) is 7.00. The molecule has 2 rings (SSSR count). The van der Waals surface area contributed by atoms with E-state index in [-0.39, 0.29) is 18.0 Å². The van der Waals surface area contributed by atoms with Crippen LogP contribution in [0.5, 0.6) is 0 Å². The lowest BCUT2D eigenvalue weighted by Gasteiger charge is -2.14. The van der Waals surface area contributed by atoms with Gasteiger partial charge in [-0.1, -0.05) is 36.4 Å². The molecule has 22 heavy (non-hydrogen) atoms. The van der Waals surface area contributed by atoms with Gasteiger partial charge in [-0.05, 0) is 11.6 Å². The van der Waals surface area contributed by atoms with Crippen molar-refractivity contribution in [2.45, 2.75) is 12.5 Å². The topological polar surface area (TPSA) is 94.2 Å².